The van der Waals surface area contributed by atoms with Crippen molar-refractivity contribution in [3.05, 3.63) is 52.0 Å². The predicted molar refractivity (Wildman–Crippen MR) is 105 cm³/mol. The lowest BCUT2D eigenvalue weighted by Gasteiger charge is -2.33. The number of ether oxygens (including phenoxy) is 2. The van der Waals surface area contributed by atoms with Crippen LogP contribution in [0.4, 0.5) is 0 Å². The molecule has 2 unspecified atom stereocenters. The first-order chi connectivity index (χ1) is 13.2. The van der Waals surface area contributed by atoms with Crippen molar-refractivity contribution in [1.29, 1.82) is 0 Å². The standard InChI is InChI=1S/C19H21ClN2O5S/c1-4-11-12-8-15(26-2)16(27-3)9-13(12)18(22-19(11)23)10-5-6-14(20)17(7-10)28(21,24)25/h5-9,11,18H,4H2,1-3H3,(H,22,23)(H2,21,24,25). The zero-order valence-electron chi connectivity index (χ0n) is 15.7. The molecule has 2 atom stereocenters. The van der Waals surface area contributed by atoms with Crippen molar-refractivity contribution in [2.75, 3.05) is 14.2 Å². The molecule has 1 amide bonds. The molecule has 2 aromatic rings. The Balaban J connectivity index is 2.23. The molecule has 2 aromatic carbocycles. The molecule has 0 fully saturated rings. The molecule has 0 bridgehead atoms. The van der Waals surface area contributed by atoms with Crippen LogP contribution in [-0.2, 0) is 14.8 Å². The van der Waals surface area contributed by atoms with Gasteiger partial charge in [0.15, 0.2) is 11.5 Å². The van der Waals surface area contributed by atoms with Crippen molar-refractivity contribution in [2.45, 2.75) is 30.2 Å². The third-order valence-electron chi connectivity index (χ3n) is 4.88. The van der Waals surface area contributed by atoms with Crippen LogP contribution < -0.4 is 19.9 Å². The third kappa shape index (κ3) is 3.55. The van der Waals surface area contributed by atoms with Gasteiger partial charge in [-0.15, -0.1) is 0 Å². The molecule has 1 aliphatic rings. The summed E-state index contributed by atoms with van der Waals surface area (Å²) in [6.07, 6.45) is 0.601. The Labute approximate surface area is 168 Å². The van der Waals surface area contributed by atoms with Gasteiger partial charge in [-0.1, -0.05) is 24.6 Å². The lowest BCUT2D eigenvalue weighted by Crippen LogP contribution is -2.39. The maximum Gasteiger partial charge on any atom is 0.239 e. The Hall–Kier alpha value is -2.29. The summed E-state index contributed by atoms with van der Waals surface area (Å²) in [7, 11) is -0.956. The third-order valence-corrected chi connectivity index (χ3v) is 6.27. The summed E-state index contributed by atoms with van der Waals surface area (Å²) in [5.41, 5.74) is 2.15. The van der Waals surface area contributed by atoms with Crippen LogP contribution in [0.1, 0.15) is 42.0 Å². The summed E-state index contributed by atoms with van der Waals surface area (Å²) >= 11 is 6.00. The van der Waals surface area contributed by atoms with Crippen molar-refractivity contribution >= 4 is 27.5 Å². The largest absolute Gasteiger partial charge is 0.493 e. The molecule has 0 spiro atoms. The summed E-state index contributed by atoms with van der Waals surface area (Å²) in [4.78, 5) is 12.5. The quantitative estimate of drug-likeness (QED) is 0.767. The minimum absolute atomic E-state index is 0.0207. The molecule has 0 radical (unpaired) electrons. The number of hydrogen-bond donors (Lipinski definition) is 2. The fourth-order valence-corrected chi connectivity index (χ4v) is 4.59. The number of fused-ring (bicyclic) bond motifs is 1. The number of amides is 1. The second-order valence-corrected chi connectivity index (χ2v) is 8.41. The van der Waals surface area contributed by atoms with Gasteiger partial charge in [0.25, 0.3) is 0 Å². The predicted octanol–water partition coefficient (Wildman–Crippen LogP) is 2.72. The van der Waals surface area contributed by atoms with E-state index in [-0.39, 0.29) is 21.7 Å². The van der Waals surface area contributed by atoms with E-state index in [1.54, 1.807) is 18.2 Å². The van der Waals surface area contributed by atoms with Crippen LogP contribution in [0.25, 0.3) is 0 Å². The molecule has 0 aromatic heterocycles. The molecule has 0 saturated carbocycles. The fraction of sp³-hybridized carbons (Fsp3) is 0.316. The van der Waals surface area contributed by atoms with Crippen LogP contribution in [0.5, 0.6) is 11.5 Å². The van der Waals surface area contributed by atoms with Gasteiger partial charge in [0.2, 0.25) is 15.9 Å². The molecule has 1 aliphatic heterocycles. The molecule has 1 heterocycles. The van der Waals surface area contributed by atoms with E-state index in [0.717, 1.165) is 11.1 Å². The summed E-state index contributed by atoms with van der Waals surface area (Å²) in [6.45, 7) is 1.92. The molecular formula is C19H21ClN2O5S. The maximum atomic E-state index is 12.7. The Bertz CT molecular complexity index is 1040. The van der Waals surface area contributed by atoms with E-state index in [1.807, 2.05) is 6.92 Å². The molecule has 3 N–H and O–H groups in total. The van der Waals surface area contributed by atoms with E-state index in [0.29, 0.717) is 23.5 Å². The highest BCUT2D eigenvalue weighted by Gasteiger charge is 2.35. The second kappa shape index (κ2) is 7.62. The summed E-state index contributed by atoms with van der Waals surface area (Å²) in [6, 6.07) is 7.51. The Morgan fingerprint density at radius 3 is 2.25 bits per heavy atom. The van der Waals surface area contributed by atoms with Crippen LogP contribution in [0, 0.1) is 0 Å². The van der Waals surface area contributed by atoms with Crippen LogP contribution >= 0.6 is 11.6 Å². The summed E-state index contributed by atoms with van der Waals surface area (Å²) < 4.78 is 34.5. The molecule has 3 rings (SSSR count). The van der Waals surface area contributed by atoms with Gasteiger partial charge < -0.3 is 14.8 Å². The number of rotatable bonds is 5. The minimum Gasteiger partial charge on any atom is -0.493 e. The van der Waals surface area contributed by atoms with Crippen LogP contribution in [0.15, 0.2) is 35.2 Å². The van der Waals surface area contributed by atoms with Crippen molar-refractivity contribution in [3.63, 3.8) is 0 Å². The number of carbonyl (C=O) groups is 1. The monoisotopic (exact) mass is 424 g/mol. The molecule has 28 heavy (non-hydrogen) atoms. The van der Waals surface area contributed by atoms with Gasteiger partial charge >= 0.3 is 0 Å². The van der Waals surface area contributed by atoms with E-state index in [4.69, 9.17) is 26.2 Å². The average molecular weight is 425 g/mol. The van der Waals surface area contributed by atoms with Gasteiger partial charge in [0.1, 0.15) is 4.90 Å². The fourth-order valence-electron chi connectivity index (χ4n) is 3.51. The first-order valence-corrected chi connectivity index (χ1v) is 10.5. The second-order valence-electron chi connectivity index (χ2n) is 6.47. The maximum absolute atomic E-state index is 12.7. The number of nitrogens with two attached hydrogens (primary N) is 1. The number of hydrogen-bond acceptors (Lipinski definition) is 5. The Kier molecular flexibility index (Phi) is 5.56. The molecule has 9 heteroatoms. The van der Waals surface area contributed by atoms with E-state index in [9.17, 15) is 13.2 Å². The van der Waals surface area contributed by atoms with Gasteiger partial charge in [-0.25, -0.2) is 13.6 Å². The zero-order chi connectivity index (χ0) is 20.6. The molecule has 7 nitrogen and oxygen atoms in total. The summed E-state index contributed by atoms with van der Waals surface area (Å²) in [5.74, 6) is 0.530. The Morgan fingerprint density at radius 1 is 1.11 bits per heavy atom. The number of primary sulfonamides is 1. The lowest BCUT2D eigenvalue weighted by molar-refractivity contribution is -0.123. The van der Waals surface area contributed by atoms with Gasteiger partial charge in [0, 0.05) is 0 Å². The van der Waals surface area contributed by atoms with Crippen LogP contribution in [0.3, 0.4) is 0 Å². The van der Waals surface area contributed by atoms with E-state index >= 15 is 0 Å². The minimum atomic E-state index is -4.01. The molecule has 0 aliphatic carbocycles. The van der Waals surface area contributed by atoms with Gasteiger partial charge in [0.05, 0.1) is 31.2 Å². The van der Waals surface area contributed by atoms with Crippen molar-refractivity contribution in [1.82, 2.24) is 5.32 Å². The molecular weight excluding hydrogens is 404 g/mol. The topological polar surface area (TPSA) is 108 Å². The van der Waals surface area contributed by atoms with E-state index in [2.05, 4.69) is 5.32 Å². The number of nitrogens with one attached hydrogen (secondary N) is 1. The lowest BCUT2D eigenvalue weighted by atomic mass is 9.82. The number of carbonyl (C=O) groups excluding carboxylic acids is 1. The van der Waals surface area contributed by atoms with Crippen molar-refractivity contribution < 1.29 is 22.7 Å². The van der Waals surface area contributed by atoms with Crippen molar-refractivity contribution in [2.24, 2.45) is 5.14 Å². The van der Waals surface area contributed by atoms with E-state index in [1.165, 1.54) is 26.4 Å². The van der Waals surface area contributed by atoms with Gasteiger partial charge in [-0.05, 0) is 47.4 Å². The van der Waals surface area contributed by atoms with Crippen molar-refractivity contribution in [3.8, 4) is 11.5 Å². The molecule has 0 saturated heterocycles. The van der Waals surface area contributed by atoms with Crippen LogP contribution in [0.2, 0.25) is 5.02 Å². The highest BCUT2D eigenvalue weighted by molar-refractivity contribution is 7.89. The highest BCUT2D eigenvalue weighted by atomic mass is 35.5. The molecule has 150 valence electrons. The number of methoxy groups -OCH3 is 2. The van der Waals surface area contributed by atoms with E-state index < -0.39 is 16.1 Å². The first-order valence-electron chi connectivity index (χ1n) is 8.59. The highest BCUT2D eigenvalue weighted by Crippen LogP contribution is 2.42. The number of benzene rings is 2. The van der Waals surface area contributed by atoms with Gasteiger partial charge in [-0.2, -0.15) is 0 Å². The smallest absolute Gasteiger partial charge is 0.239 e. The first kappa shape index (κ1) is 20.4. The SMILES string of the molecule is CCC1C(=O)NC(c2ccc(Cl)c(S(N)(=O)=O)c2)c2cc(OC)c(OC)cc21. The Morgan fingerprint density at radius 2 is 1.71 bits per heavy atom. The average Bonchev–Trinajstić information content (AvgIpc) is 2.66. The van der Waals surface area contributed by atoms with Crippen LogP contribution in [-0.4, -0.2) is 28.5 Å². The number of sulfonamides is 1. The van der Waals surface area contributed by atoms with Gasteiger partial charge in [-0.3, -0.25) is 4.79 Å². The number of halogens is 1. The normalized spacial score (nSPS) is 19.0. The zero-order valence-corrected chi connectivity index (χ0v) is 17.2. The summed E-state index contributed by atoms with van der Waals surface area (Å²) in [5, 5.41) is 8.25.